The molecule has 0 aliphatic carbocycles. The van der Waals surface area contributed by atoms with Gasteiger partial charge in [-0.15, -0.1) is 0 Å². The summed E-state index contributed by atoms with van der Waals surface area (Å²) in [6.07, 6.45) is 0. The van der Waals surface area contributed by atoms with Crippen LogP contribution in [0.3, 0.4) is 0 Å². The first kappa shape index (κ1) is 38.8. The smallest absolute Gasteiger partial charge is 0.143 e. The predicted molar refractivity (Wildman–Crippen MR) is 275 cm³/mol. The predicted octanol–water partition coefficient (Wildman–Crippen LogP) is 17.9. The van der Waals surface area contributed by atoms with Crippen molar-refractivity contribution < 1.29 is 8.83 Å². The van der Waals surface area contributed by atoms with Gasteiger partial charge in [0.25, 0.3) is 0 Å². The molecular weight excluding hydrogens is 805 g/mol. The summed E-state index contributed by atoms with van der Waals surface area (Å²) >= 11 is 0. The van der Waals surface area contributed by atoms with Crippen LogP contribution >= 0.6 is 0 Å². The van der Waals surface area contributed by atoms with E-state index in [4.69, 9.17) is 8.83 Å². The van der Waals surface area contributed by atoms with Crippen LogP contribution in [0.1, 0.15) is 0 Å². The van der Waals surface area contributed by atoms with Crippen LogP contribution in [0.5, 0.6) is 0 Å². The van der Waals surface area contributed by atoms with E-state index in [0.29, 0.717) is 0 Å². The molecular formula is C62H42N2O2. The first-order chi connectivity index (χ1) is 32.8. The van der Waals surface area contributed by atoms with E-state index in [1.165, 1.54) is 0 Å². The molecule has 0 saturated carbocycles. The minimum absolute atomic E-state index is 0.830. The quantitative estimate of drug-likeness (QED) is 0.137. The van der Waals surface area contributed by atoms with E-state index in [-0.39, 0.29) is 0 Å². The molecule has 2 aromatic heterocycles. The van der Waals surface area contributed by atoms with Crippen LogP contribution in [0.15, 0.2) is 264 Å². The fourth-order valence-corrected chi connectivity index (χ4v) is 9.49. The topological polar surface area (TPSA) is 32.8 Å². The fraction of sp³-hybridized carbons (Fsp3) is 0. The third-order valence-electron chi connectivity index (χ3n) is 12.5. The summed E-state index contributed by atoms with van der Waals surface area (Å²) < 4.78 is 13.9. The largest absolute Gasteiger partial charge is 0.455 e. The van der Waals surface area contributed by atoms with E-state index in [0.717, 1.165) is 112 Å². The summed E-state index contributed by atoms with van der Waals surface area (Å²) in [5, 5.41) is 4.35. The van der Waals surface area contributed by atoms with Crippen molar-refractivity contribution >= 4 is 66.8 Å². The van der Waals surface area contributed by atoms with Gasteiger partial charge in [-0.2, -0.15) is 0 Å². The highest BCUT2D eigenvalue weighted by atomic mass is 16.3. The average molecular weight is 847 g/mol. The van der Waals surface area contributed by atoms with Crippen molar-refractivity contribution in [3.63, 3.8) is 0 Å². The van der Waals surface area contributed by atoms with Crippen LogP contribution in [0.25, 0.3) is 77.6 Å². The van der Waals surface area contributed by atoms with Crippen LogP contribution in [0.4, 0.5) is 34.1 Å². The van der Waals surface area contributed by atoms with Crippen molar-refractivity contribution in [1.29, 1.82) is 0 Å². The van der Waals surface area contributed by atoms with E-state index in [1.807, 2.05) is 0 Å². The lowest BCUT2D eigenvalue weighted by Crippen LogP contribution is -2.09. The van der Waals surface area contributed by atoms with Gasteiger partial charge in [0.1, 0.15) is 22.7 Å². The minimum Gasteiger partial charge on any atom is -0.455 e. The highest BCUT2D eigenvalue weighted by Crippen LogP contribution is 2.49. The molecule has 2 heterocycles. The Bertz CT molecular complexity index is 3270. The Morgan fingerprint density at radius 3 is 0.803 bits per heavy atom. The molecule has 0 saturated heterocycles. The molecule has 0 aliphatic rings. The fourth-order valence-electron chi connectivity index (χ4n) is 9.49. The number of nitrogens with zero attached hydrogens (tertiary/aromatic N) is 2. The Kier molecular flexibility index (Phi) is 9.81. The van der Waals surface area contributed by atoms with Gasteiger partial charge in [0, 0.05) is 67.2 Å². The van der Waals surface area contributed by atoms with E-state index in [2.05, 4.69) is 265 Å². The molecule has 10 aromatic carbocycles. The number of hydrogen-bond donors (Lipinski definition) is 0. The number of hydrogen-bond acceptors (Lipinski definition) is 4. The molecule has 4 heteroatoms. The van der Waals surface area contributed by atoms with Crippen molar-refractivity contribution in [2.24, 2.45) is 0 Å². The monoisotopic (exact) mass is 846 g/mol. The lowest BCUT2D eigenvalue weighted by molar-refractivity contribution is 0.632. The molecule has 12 aromatic rings. The summed E-state index contributed by atoms with van der Waals surface area (Å²) in [6.45, 7) is 0. The van der Waals surface area contributed by atoms with E-state index < -0.39 is 0 Å². The zero-order chi connectivity index (χ0) is 43.8. The summed E-state index contributed by atoms with van der Waals surface area (Å²) in [5.74, 6) is 1.66. The van der Waals surface area contributed by atoms with Gasteiger partial charge in [0.15, 0.2) is 0 Å². The molecule has 0 fully saturated rings. The Morgan fingerprint density at radius 2 is 0.500 bits per heavy atom. The van der Waals surface area contributed by atoms with Crippen molar-refractivity contribution in [3.05, 3.63) is 255 Å². The molecule has 0 unspecified atom stereocenters. The SMILES string of the molecule is c1ccc(-c2c(-c3ccc(N(c4ccccc4)c4ccccc4)cc3)oc3ccc4c(ccc5oc(-c6ccc(N(c7ccccc7)c7ccccc7)cc6)c(-c6ccccc6)c54)c23)cc1. The molecule has 312 valence electrons. The Labute approximate surface area is 383 Å². The van der Waals surface area contributed by atoms with Crippen molar-refractivity contribution in [2.75, 3.05) is 9.80 Å². The number of fused-ring (bicyclic) bond motifs is 5. The maximum atomic E-state index is 6.97. The Hall–Kier alpha value is -8.86. The Balaban J connectivity index is 1.02. The highest BCUT2D eigenvalue weighted by molar-refractivity contribution is 6.25. The molecule has 0 radical (unpaired) electrons. The summed E-state index contributed by atoms with van der Waals surface area (Å²) in [6, 6.07) is 89.4. The Morgan fingerprint density at radius 1 is 0.227 bits per heavy atom. The standard InChI is InChI=1S/C62H42N2O2/c1-7-19-43(20-8-1)57-59-53-39-42-56-60(54(53)40-41-55(59)65-61(57)45-31-35-51(36-32-45)63(47-23-11-3-12-24-47)48-25-13-4-14-26-48)58(44-21-9-2-10-22-44)62(66-56)46-33-37-52(38-34-46)64(49-27-15-5-16-28-49)50-29-17-6-18-30-50/h1-42H. The van der Waals surface area contributed by atoms with Crippen LogP contribution in [0.2, 0.25) is 0 Å². The van der Waals surface area contributed by atoms with Crippen LogP contribution in [0, 0.1) is 0 Å². The zero-order valence-corrected chi connectivity index (χ0v) is 36.0. The lowest BCUT2D eigenvalue weighted by atomic mass is 9.92. The van der Waals surface area contributed by atoms with Gasteiger partial charge in [-0.1, -0.05) is 133 Å². The van der Waals surface area contributed by atoms with Gasteiger partial charge in [0.2, 0.25) is 0 Å². The molecule has 66 heavy (non-hydrogen) atoms. The van der Waals surface area contributed by atoms with Crippen LogP contribution < -0.4 is 9.80 Å². The molecule has 4 nitrogen and oxygen atoms in total. The van der Waals surface area contributed by atoms with Gasteiger partial charge in [0.05, 0.1) is 0 Å². The number of furan rings is 2. The second-order valence-electron chi connectivity index (χ2n) is 16.4. The molecule has 0 bridgehead atoms. The van der Waals surface area contributed by atoms with Gasteiger partial charge in [-0.05, 0) is 143 Å². The summed E-state index contributed by atoms with van der Waals surface area (Å²) in [7, 11) is 0. The van der Waals surface area contributed by atoms with Crippen LogP contribution in [-0.2, 0) is 0 Å². The normalized spacial score (nSPS) is 11.3. The van der Waals surface area contributed by atoms with Gasteiger partial charge in [-0.25, -0.2) is 0 Å². The van der Waals surface area contributed by atoms with Crippen LogP contribution in [-0.4, -0.2) is 0 Å². The van der Waals surface area contributed by atoms with E-state index in [9.17, 15) is 0 Å². The zero-order valence-electron chi connectivity index (χ0n) is 36.0. The maximum absolute atomic E-state index is 6.97. The third kappa shape index (κ3) is 6.89. The van der Waals surface area contributed by atoms with Gasteiger partial charge >= 0.3 is 0 Å². The second kappa shape index (κ2) is 16.7. The van der Waals surface area contributed by atoms with Crippen molar-refractivity contribution in [1.82, 2.24) is 0 Å². The molecule has 0 amide bonds. The molecule has 12 rings (SSSR count). The van der Waals surface area contributed by atoms with E-state index >= 15 is 0 Å². The second-order valence-corrected chi connectivity index (χ2v) is 16.4. The highest BCUT2D eigenvalue weighted by Gasteiger charge is 2.25. The number of benzene rings is 10. The maximum Gasteiger partial charge on any atom is 0.143 e. The average Bonchev–Trinajstić information content (AvgIpc) is 3.99. The number of rotatable bonds is 10. The first-order valence-corrected chi connectivity index (χ1v) is 22.3. The molecule has 0 atom stereocenters. The molecule has 0 aliphatic heterocycles. The number of para-hydroxylation sites is 4. The van der Waals surface area contributed by atoms with Crippen molar-refractivity contribution in [3.8, 4) is 44.9 Å². The summed E-state index contributed by atoms with van der Waals surface area (Å²) in [4.78, 5) is 4.56. The third-order valence-corrected chi connectivity index (χ3v) is 12.5. The number of anilines is 6. The lowest BCUT2D eigenvalue weighted by Gasteiger charge is -2.25. The van der Waals surface area contributed by atoms with Gasteiger partial charge in [-0.3, -0.25) is 0 Å². The van der Waals surface area contributed by atoms with Gasteiger partial charge < -0.3 is 18.6 Å². The van der Waals surface area contributed by atoms with Crippen molar-refractivity contribution in [2.45, 2.75) is 0 Å². The van der Waals surface area contributed by atoms with E-state index in [1.54, 1.807) is 0 Å². The minimum atomic E-state index is 0.830. The summed E-state index contributed by atoms with van der Waals surface area (Å²) in [5.41, 5.74) is 14.5. The molecule has 0 spiro atoms. The molecule has 0 N–H and O–H groups in total. The first-order valence-electron chi connectivity index (χ1n) is 22.3.